The van der Waals surface area contributed by atoms with Crippen molar-refractivity contribution >= 4 is 11.9 Å². The predicted molar refractivity (Wildman–Crippen MR) is 190 cm³/mol. The van der Waals surface area contributed by atoms with Crippen molar-refractivity contribution in [2.45, 2.75) is 95.9 Å². The zero-order valence-electron chi connectivity index (χ0n) is 29.7. The van der Waals surface area contributed by atoms with Gasteiger partial charge < -0.3 is 19.1 Å². The van der Waals surface area contributed by atoms with E-state index < -0.39 is 17.1 Å². The van der Waals surface area contributed by atoms with Crippen molar-refractivity contribution in [3.05, 3.63) is 94.0 Å². The van der Waals surface area contributed by atoms with E-state index in [-0.39, 0.29) is 29.9 Å². The van der Waals surface area contributed by atoms with Crippen LogP contribution in [-0.4, -0.2) is 72.2 Å². The quantitative estimate of drug-likeness (QED) is 0.212. The molecule has 1 saturated heterocycles. The number of ether oxygens (including phenoxy) is 3. The Morgan fingerprint density at radius 3 is 2.57 bits per heavy atom. The lowest BCUT2D eigenvalue weighted by Crippen LogP contribution is -2.79. The van der Waals surface area contributed by atoms with Crippen molar-refractivity contribution in [2.24, 2.45) is 5.92 Å². The van der Waals surface area contributed by atoms with Crippen LogP contribution >= 0.6 is 0 Å². The Balaban J connectivity index is 1.32. The minimum absolute atomic E-state index is 0.0217. The fourth-order valence-electron chi connectivity index (χ4n) is 9.47. The second-order valence-corrected chi connectivity index (χ2v) is 14.9. The normalized spacial score (nSPS) is 26.2. The number of likely N-dealkylation sites (tertiary alicyclic amines) is 1. The van der Waals surface area contributed by atoms with Crippen molar-refractivity contribution in [2.75, 3.05) is 26.7 Å². The third-order valence-corrected chi connectivity index (χ3v) is 11.6. The maximum atomic E-state index is 14.2. The van der Waals surface area contributed by atoms with Gasteiger partial charge in [-0.15, -0.1) is 0 Å². The van der Waals surface area contributed by atoms with Gasteiger partial charge in [0.1, 0.15) is 11.7 Å². The second kappa shape index (κ2) is 12.9. The highest BCUT2D eigenvalue weighted by Crippen LogP contribution is 2.67. The van der Waals surface area contributed by atoms with Gasteiger partial charge >= 0.3 is 5.97 Å². The molecule has 1 amide bonds. The van der Waals surface area contributed by atoms with Crippen molar-refractivity contribution in [1.82, 2.24) is 9.80 Å². The number of methoxy groups -OCH3 is 1. The molecule has 0 aromatic heterocycles. The molecule has 0 unspecified atom stereocenters. The van der Waals surface area contributed by atoms with Crippen LogP contribution in [0.3, 0.4) is 0 Å². The van der Waals surface area contributed by atoms with E-state index in [1.807, 2.05) is 29.2 Å². The molecule has 1 saturated carbocycles. The van der Waals surface area contributed by atoms with Crippen molar-refractivity contribution in [3.63, 3.8) is 0 Å². The van der Waals surface area contributed by atoms with Gasteiger partial charge in [0.25, 0.3) is 5.91 Å². The fourth-order valence-corrected chi connectivity index (χ4v) is 9.47. The van der Waals surface area contributed by atoms with Gasteiger partial charge in [0.05, 0.1) is 24.6 Å². The Morgan fingerprint density at radius 1 is 1.06 bits per heavy atom. The van der Waals surface area contributed by atoms with Gasteiger partial charge in [0.2, 0.25) is 0 Å². The SMILES string of the molecule is COc1ccc2c3c1O[C@H]1[C@H](N(CC(C)C)C(=O)C#Cc4ccc(C)c(C)c4)CC[C@@]4(OC(C)=O)[C@@H](C2)N(CCc2ccccc2)CC[C@]314. The van der Waals surface area contributed by atoms with Gasteiger partial charge in [-0.05, 0) is 98.9 Å². The van der Waals surface area contributed by atoms with Gasteiger partial charge in [-0.1, -0.05) is 62.2 Å². The molecule has 7 heteroatoms. The largest absolute Gasteiger partial charge is 0.493 e. The molecule has 2 heterocycles. The standard InChI is InChI=1S/C42H48N2O5/c1-27(2)26-44(37(46)17-14-32-13-12-28(3)29(4)24-32)34-18-20-42(49-30(5)45)36-25-33-15-16-35(47-6)39-38(33)41(42,40(34)48-39)21-23-43(36)22-19-31-10-8-7-9-11-31/h7-13,15-16,24,27,34,36,40H,18-23,25-26H2,1-6H3/t34-,36-,40+,41+,42-/m1/s1. The Labute approximate surface area is 290 Å². The van der Waals surface area contributed by atoms with Crippen molar-refractivity contribution < 1.29 is 23.8 Å². The van der Waals surface area contributed by atoms with E-state index in [4.69, 9.17) is 14.2 Å². The molecule has 2 aliphatic heterocycles. The zero-order valence-corrected chi connectivity index (χ0v) is 29.7. The van der Waals surface area contributed by atoms with E-state index in [1.165, 1.54) is 23.6 Å². The summed E-state index contributed by atoms with van der Waals surface area (Å²) in [5.41, 5.74) is 5.35. The molecule has 4 aliphatic rings. The van der Waals surface area contributed by atoms with Crippen LogP contribution in [0.4, 0.5) is 0 Å². The topological polar surface area (TPSA) is 68.3 Å². The van der Waals surface area contributed by atoms with E-state index in [1.54, 1.807) is 7.11 Å². The van der Waals surface area contributed by atoms with Crippen LogP contribution in [0.5, 0.6) is 11.5 Å². The van der Waals surface area contributed by atoms with Crippen LogP contribution in [0.2, 0.25) is 0 Å². The first-order chi connectivity index (χ1) is 23.6. The maximum Gasteiger partial charge on any atom is 0.303 e. The van der Waals surface area contributed by atoms with Crippen LogP contribution in [0, 0.1) is 31.6 Å². The molecule has 7 nitrogen and oxygen atoms in total. The Kier molecular flexibility index (Phi) is 8.73. The van der Waals surface area contributed by atoms with Gasteiger partial charge in [-0.25, -0.2) is 0 Å². The van der Waals surface area contributed by atoms with Crippen LogP contribution in [0.1, 0.15) is 73.4 Å². The molecule has 49 heavy (non-hydrogen) atoms. The number of carbonyl (C=O) groups excluding carboxylic acids is 2. The smallest absolute Gasteiger partial charge is 0.303 e. The monoisotopic (exact) mass is 660 g/mol. The number of hydrogen-bond acceptors (Lipinski definition) is 6. The summed E-state index contributed by atoms with van der Waals surface area (Å²) in [5, 5.41) is 0. The molecule has 3 aromatic carbocycles. The van der Waals surface area contributed by atoms with Crippen LogP contribution in [-0.2, 0) is 32.6 Å². The Morgan fingerprint density at radius 2 is 1.86 bits per heavy atom. The zero-order chi connectivity index (χ0) is 34.5. The third kappa shape index (κ3) is 5.49. The number of piperidine rings is 1. The highest BCUT2D eigenvalue weighted by atomic mass is 16.6. The molecule has 0 radical (unpaired) electrons. The van der Waals surface area contributed by atoms with Gasteiger partial charge in [-0.2, -0.15) is 0 Å². The first-order valence-electron chi connectivity index (χ1n) is 17.8. The number of carbonyl (C=O) groups is 2. The number of nitrogens with zero attached hydrogens (tertiary/aromatic N) is 2. The van der Waals surface area contributed by atoms with E-state index in [9.17, 15) is 9.59 Å². The molecular weight excluding hydrogens is 612 g/mol. The lowest BCUT2D eigenvalue weighted by molar-refractivity contribution is -0.224. The summed E-state index contributed by atoms with van der Waals surface area (Å²) in [6, 6.07) is 20.5. The summed E-state index contributed by atoms with van der Waals surface area (Å²) >= 11 is 0. The van der Waals surface area contributed by atoms with Gasteiger partial charge in [-0.3, -0.25) is 14.5 Å². The maximum absolute atomic E-state index is 14.2. The average molecular weight is 661 g/mol. The molecule has 256 valence electrons. The van der Waals surface area contributed by atoms with E-state index in [0.717, 1.165) is 54.8 Å². The Hall–Kier alpha value is -4.28. The Bertz CT molecular complexity index is 1830. The molecule has 2 fully saturated rings. The summed E-state index contributed by atoms with van der Waals surface area (Å²) in [5.74, 6) is 7.33. The molecule has 1 spiro atoms. The van der Waals surface area contributed by atoms with Crippen LogP contribution < -0.4 is 9.47 Å². The number of aryl methyl sites for hydroxylation is 2. The van der Waals surface area contributed by atoms with E-state index in [0.29, 0.717) is 25.1 Å². The summed E-state index contributed by atoms with van der Waals surface area (Å²) in [7, 11) is 1.67. The molecule has 2 aliphatic carbocycles. The first kappa shape index (κ1) is 33.2. The molecule has 5 atom stereocenters. The highest BCUT2D eigenvalue weighted by Gasteiger charge is 2.75. The molecule has 3 aromatic rings. The summed E-state index contributed by atoms with van der Waals surface area (Å²) in [6.07, 6.45) is 3.27. The number of hydrogen-bond donors (Lipinski definition) is 0. The van der Waals surface area contributed by atoms with Gasteiger partial charge in [0, 0.05) is 37.1 Å². The number of esters is 1. The minimum atomic E-state index is -0.808. The number of amides is 1. The van der Waals surface area contributed by atoms with Gasteiger partial charge in [0.15, 0.2) is 11.5 Å². The van der Waals surface area contributed by atoms with Crippen molar-refractivity contribution in [3.8, 4) is 23.3 Å². The fraction of sp³-hybridized carbons (Fsp3) is 0.476. The first-order valence-corrected chi connectivity index (χ1v) is 17.8. The summed E-state index contributed by atoms with van der Waals surface area (Å²) in [4.78, 5) is 31.9. The molecule has 2 bridgehead atoms. The third-order valence-electron chi connectivity index (χ3n) is 11.6. The lowest BCUT2D eigenvalue weighted by Gasteiger charge is -2.65. The van der Waals surface area contributed by atoms with Crippen LogP contribution in [0.25, 0.3) is 0 Å². The molecular formula is C42H48N2O5. The lowest BCUT2D eigenvalue weighted by atomic mass is 9.48. The second-order valence-electron chi connectivity index (χ2n) is 14.9. The molecule has 0 N–H and O–H groups in total. The van der Waals surface area contributed by atoms with Crippen molar-refractivity contribution in [1.29, 1.82) is 0 Å². The van der Waals surface area contributed by atoms with E-state index in [2.05, 4.69) is 80.8 Å². The molecule has 7 rings (SSSR count). The number of benzene rings is 3. The summed E-state index contributed by atoms with van der Waals surface area (Å²) in [6.45, 7) is 12.2. The summed E-state index contributed by atoms with van der Waals surface area (Å²) < 4.78 is 19.7. The predicted octanol–water partition coefficient (Wildman–Crippen LogP) is 6.18. The number of rotatable bonds is 8. The van der Waals surface area contributed by atoms with E-state index >= 15 is 0 Å². The minimum Gasteiger partial charge on any atom is -0.493 e. The van der Waals surface area contributed by atoms with Crippen LogP contribution in [0.15, 0.2) is 60.7 Å². The average Bonchev–Trinajstić information content (AvgIpc) is 3.43. The highest BCUT2D eigenvalue weighted by molar-refractivity contribution is 5.94.